The Labute approximate surface area is 155 Å². The second-order valence-electron chi connectivity index (χ2n) is 6.61. The number of halogens is 3. The summed E-state index contributed by atoms with van der Waals surface area (Å²) in [6.45, 7) is 5.79. The van der Waals surface area contributed by atoms with Crippen LogP contribution >= 0.6 is 0 Å². The summed E-state index contributed by atoms with van der Waals surface area (Å²) in [6.07, 6.45) is -4.64. The molecule has 1 aromatic carbocycles. The maximum Gasteiger partial charge on any atom is 0.416 e. The van der Waals surface area contributed by atoms with Crippen molar-refractivity contribution in [1.82, 2.24) is 5.32 Å². The Morgan fingerprint density at radius 2 is 1.78 bits per heavy atom. The molecule has 2 rings (SSSR count). The van der Waals surface area contributed by atoms with Crippen LogP contribution in [0.25, 0.3) is 0 Å². The van der Waals surface area contributed by atoms with Crippen molar-refractivity contribution >= 4 is 15.8 Å². The van der Waals surface area contributed by atoms with Crippen molar-refractivity contribution in [2.24, 2.45) is 0 Å². The third kappa shape index (κ3) is 3.87. The fraction of sp³-hybridized carbons (Fsp3) is 0.389. The molecule has 27 heavy (non-hydrogen) atoms. The van der Waals surface area contributed by atoms with E-state index in [0.29, 0.717) is 0 Å². The molecule has 1 heterocycles. The van der Waals surface area contributed by atoms with Crippen LogP contribution in [0.4, 0.5) is 13.2 Å². The van der Waals surface area contributed by atoms with Crippen molar-refractivity contribution in [1.29, 1.82) is 0 Å². The Kier molecular flexibility index (Phi) is 5.47. The first-order valence-corrected chi connectivity index (χ1v) is 9.66. The van der Waals surface area contributed by atoms with E-state index in [-0.39, 0.29) is 27.4 Å². The van der Waals surface area contributed by atoms with Gasteiger partial charge in [0.05, 0.1) is 27.2 Å². The maximum atomic E-state index is 13.1. The molecule has 1 atom stereocenters. The number of dihydropyridines is 1. The van der Waals surface area contributed by atoms with Crippen molar-refractivity contribution in [3.8, 4) is 0 Å². The molecule has 0 bridgehead atoms. The molecule has 5 nitrogen and oxygen atoms in total. The number of carbonyl (C=O) groups is 1. The van der Waals surface area contributed by atoms with Crippen molar-refractivity contribution < 1.29 is 31.5 Å². The molecule has 0 saturated heterocycles. The molecule has 1 unspecified atom stereocenters. The molecule has 148 valence electrons. The van der Waals surface area contributed by atoms with Crippen LogP contribution in [-0.4, -0.2) is 24.7 Å². The number of rotatable bonds is 4. The SMILES string of the molecule is CC1=C(C(=O)O)C(c2cccc(C(F)(F)F)c2)C(S(=O)(=O)C(C)C)=C(C)N1. The van der Waals surface area contributed by atoms with E-state index in [0.717, 1.165) is 18.2 Å². The number of aliphatic carboxylic acids is 1. The molecule has 1 aromatic rings. The van der Waals surface area contributed by atoms with Gasteiger partial charge in [-0.25, -0.2) is 13.2 Å². The quantitative estimate of drug-likeness (QED) is 0.799. The Hall–Kier alpha value is -2.29. The largest absolute Gasteiger partial charge is 0.478 e. The van der Waals surface area contributed by atoms with E-state index >= 15 is 0 Å². The average Bonchev–Trinajstić information content (AvgIpc) is 2.52. The normalized spacial score (nSPS) is 18.7. The highest BCUT2D eigenvalue weighted by molar-refractivity contribution is 7.95. The first-order chi connectivity index (χ1) is 12.3. The van der Waals surface area contributed by atoms with E-state index in [9.17, 15) is 31.5 Å². The van der Waals surface area contributed by atoms with Gasteiger partial charge < -0.3 is 10.4 Å². The van der Waals surface area contributed by atoms with Gasteiger partial charge in [-0.2, -0.15) is 13.2 Å². The van der Waals surface area contributed by atoms with Crippen molar-refractivity contribution in [2.75, 3.05) is 0 Å². The fourth-order valence-electron chi connectivity index (χ4n) is 3.10. The van der Waals surface area contributed by atoms with Crippen LogP contribution in [-0.2, 0) is 20.8 Å². The standard InChI is InChI=1S/C18H20F3NO4S/c1-9(2)27(25,26)16-11(4)22-10(3)14(17(23)24)15(16)12-6-5-7-13(8-12)18(19,20)21/h5-9,15,22H,1-4H3,(H,23,24). The molecule has 0 saturated carbocycles. The number of sulfone groups is 1. The molecule has 2 N–H and O–H groups in total. The molecule has 0 radical (unpaired) electrons. The van der Waals surface area contributed by atoms with E-state index in [1.807, 2.05) is 0 Å². The molecule has 1 aliphatic rings. The number of benzene rings is 1. The minimum Gasteiger partial charge on any atom is -0.478 e. The number of hydrogen-bond donors (Lipinski definition) is 2. The summed E-state index contributed by atoms with van der Waals surface area (Å²) in [4.78, 5) is 11.6. The molecule has 0 aromatic heterocycles. The average molecular weight is 403 g/mol. The van der Waals surface area contributed by atoms with Crippen LogP contribution in [0.2, 0.25) is 0 Å². The second kappa shape index (κ2) is 7.03. The summed E-state index contributed by atoms with van der Waals surface area (Å²) in [5.74, 6) is -2.73. The Morgan fingerprint density at radius 3 is 2.26 bits per heavy atom. The lowest BCUT2D eigenvalue weighted by molar-refractivity contribution is -0.137. The lowest BCUT2D eigenvalue weighted by Crippen LogP contribution is -2.33. The number of nitrogens with one attached hydrogen (secondary N) is 1. The molecule has 9 heteroatoms. The van der Waals surface area contributed by atoms with E-state index in [1.165, 1.54) is 33.8 Å². The Morgan fingerprint density at radius 1 is 1.19 bits per heavy atom. The van der Waals surface area contributed by atoms with Gasteiger partial charge in [0.25, 0.3) is 0 Å². The molecular formula is C18H20F3NO4S. The predicted octanol–water partition coefficient (Wildman–Crippen LogP) is 3.81. The third-order valence-electron chi connectivity index (χ3n) is 4.40. The minimum atomic E-state index is -4.64. The van der Waals surface area contributed by atoms with Gasteiger partial charge in [0.15, 0.2) is 9.84 Å². The zero-order valence-electron chi connectivity index (χ0n) is 15.2. The second-order valence-corrected chi connectivity index (χ2v) is 9.08. The maximum absolute atomic E-state index is 13.1. The molecule has 0 aliphatic carbocycles. The van der Waals surface area contributed by atoms with Crippen LogP contribution in [0.15, 0.2) is 46.1 Å². The van der Waals surface area contributed by atoms with Crippen LogP contribution in [0, 0.1) is 0 Å². The van der Waals surface area contributed by atoms with Gasteiger partial charge in [-0.1, -0.05) is 18.2 Å². The van der Waals surface area contributed by atoms with Gasteiger partial charge >= 0.3 is 12.1 Å². The van der Waals surface area contributed by atoms with E-state index in [1.54, 1.807) is 0 Å². The van der Waals surface area contributed by atoms with E-state index in [2.05, 4.69) is 5.32 Å². The molecule has 0 spiro atoms. The smallest absolute Gasteiger partial charge is 0.416 e. The summed E-state index contributed by atoms with van der Waals surface area (Å²) in [7, 11) is -3.95. The summed E-state index contributed by atoms with van der Waals surface area (Å²) < 4.78 is 65.2. The number of allylic oxidation sites excluding steroid dienone is 3. The number of carboxylic acids is 1. The van der Waals surface area contributed by atoms with Crippen molar-refractivity contribution in [3.05, 3.63) is 57.3 Å². The van der Waals surface area contributed by atoms with E-state index < -0.39 is 38.7 Å². The van der Waals surface area contributed by atoms with Crippen LogP contribution in [0.3, 0.4) is 0 Å². The van der Waals surface area contributed by atoms with Gasteiger partial charge in [0.1, 0.15) is 0 Å². The van der Waals surface area contributed by atoms with E-state index in [4.69, 9.17) is 0 Å². The van der Waals surface area contributed by atoms with Crippen molar-refractivity contribution in [3.63, 3.8) is 0 Å². The zero-order chi connectivity index (χ0) is 20.7. The molecule has 1 aliphatic heterocycles. The van der Waals surface area contributed by atoms with Crippen LogP contribution in [0.5, 0.6) is 0 Å². The van der Waals surface area contributed by atoms with Crippen molar-refractivity contribution in [2.45, 2.75) is 45.0 Å². The molecule has 0 amide bonds. The van der Waals surface area contributed by atoms with Gasteiger partial charge in [0, 0.05) is 11.4 Å². The molecule has 0 fully saturated rings. The number of carboxylic acid groups (broad SMARTS) is 1. The first-order valence-electron chi connectivity index (χ1n) is 8.11. The predicted molar refractivity (Wildman–Crippen MR) is 94.4 cm³/mol. The van der Waals surface area contributed by atoms with Gasteiger partial charge in [-0.05, 0) is 39.3 Å². The minimum absolute atomic E-state index is 0.0401. The lowest BCUT2D eigenvalue weighted by Gasteiger charge is -2.31. The first kappa shape index (κ1) is 21.0. The van der Waals surface area contributed by atoms with Gasteiger partial charge in [0.2, 0.25) is 0 Å². The number of alkyl halides is 3. The number of hydrogen-bond acceptors (Lipinski definition) is 4. The summed E-state index contributed by atoms with van der Waals surface area (Å²) in [5, 5.41) is 11.5. The fourth-order valence-corrected chi connectivity index (χ4v) is 4.67. The summed E-state index contributed by atoms with van der Waals surface area (Å²) >= 11 is 0. The Balaban J connectivity index is 2.83. The van der Waals surface area contributed by atoms with Crippen LogP contribution < -0.4 is 5.32 Å². The zero-order valence-corrected chi connectivity index (χ0v) is 16.0. The molecular weight excluding hydrogens is 383 g/mol. The lowest BCUT2D eigenvalue weighted by atomic mass is 9.86. The summed E-state index contributed by atoms with van der Waals surface area (Å²) in [5.41, 5.74) is -0.917. The highest BCUT2D eigenvalue weighted by Crippen LogP contribution is 2.43. The third-order valence-corrected chi connectivity index (χ3v) is 6.80. The van der Waals surface area contributed by atoms with Gasteiger partial charge in [-0.3, -0.25) is 0 Å². The highest BCUT2D eigenvalue weighted by atomic mass is 32.2. The highest BCUT2D eigenvalue weighted by Gasteiger charge is 2.41. The van der Waals surface area contributed by atoms with Crippen LogP contribution in [0.1, 0.15) is 44.7 Å². The Bertz CT molecular complexity index is 944. The monoisotopic (exact) mass is 403 g/mol. The topological polar surface area (TPSA) is 83.5 Å². The van der Waals surface area contributed by atoms with Gasteiger partial charge in [-0.15, -0.1) is 0 Å². The summed E-state index contributed by atoms with van der Waals surface area (Å²) in [6, 6.07) is 4.11.